The SMILES string of the molecule is CN=C(NCCc1csc(C(C)C)n1)NCc1cc2c(cc1OC(F)F)OCO2. The molecule has 158 valence electrons. The number of aliphatic imine (C=N–C) groups is 1. The molecule has 0 aliphatic carbocycles. The van der Waals surface area contributed by atoms with Crippen molar-refractivity contribution in [1.82, 2.24) is 15.6 Å². The molecule has 1 aliphatic rings. The molecule has 10 heteroatoms. The molecule has 0 radical (unpaired) electrons. The average Bonchev–Trinajstić information content (AvgIpc) is 3.33. The zero-order valence-corrected chi connectivity index (χ0v) is 17.3. The number of nitrogens with one attached hydrogen (secondary N) is 2. The van der Waals surface area contributed by atoms with Gasteiger partial charge in [-0.15, -0.1) is 11.3 Å². The molecule has 1 aromatic carbocycles. The Labute approximate surface area is 172 Å². The van der Waals surface area contributed by atoms with E-state index in [1.165, 1.54) is 6.07 Å². The van der Waals surface area contributed by atoms with Crippen LogP contribution in [0, 0.1) is 0 Å². The highest BCUT2D eigenvalue weighted by Crippen LogP contribution is 2.38. The highest BCUT2D eigenvalue weighted by atomic mass is 32.1. The third-order valence-electron chi connectivity index (χ3n) is 4.18. The number of hydrogen-bond donors (Lipinski definition) is 2. The number of guanidine groups is 1. The molecular formula is C19H24F2N4O3S. The highest BCUT2D eigenvalue weighted by Gasteiger charge is 2.20. The number of benzene rings is 1. The molecule has 2 heterocycles. The summed E-state index contributed by atoms with van der Waals surface area (Å²) in [6.07, 6.45) is 0.758. The molecular weight excluding hydrogens is 402 g/mol. The van der Waals surface area contributed by atoms with Gasteiger partial charge < -0.3 is 24.8 Å². The third kappa shape index (κ3) is 5.69. The molecule has 0 bridgehead atoms. The van der Waals surface area contributed by atoms with Crippen molar-refractivity contribution in [3.63, 3.8) is 0 Å². The number of nitrogens with zero attached hydrogens (tertiary/aromatic N) is 2. The van der Waals surface area contributed by atoms with Crippen LogP contribution in [-0.4, -0.2) is 37.9 Å². The fourth-order valence-electron chi connectivity index (χ4n) is 2.72. The van der Waals surface area contributed by atoms with E-state index in [0.29, 0.717) is 35.5 Å². The molecule has 0 saturated carbocycles. The summed E-state index contributed by atoms with van der Waals surface area (Å²) in [6, 6.07) is 3.04. The smallest absolute Gasteiger partial charge is 0.387 e. The van der Waals surface area contributed by atoms with Gasteiger partial charge in [0.15, 0.2) is 17.5 Å². The van der Waals surface area contributed by atoms with E-state index in [1.807, 2.05) is 0 Å². The quantitative estimate of drug-likeness (QED) is 0.497. The molecule has 0 amide bonds. The summed E-state index contributed by atoms with van der Waals surface area (Å²) >= 11 is 1.66. The monoisotopic (exact) mass is 426 g/mol. The number of rotatable bonds is 8. The van der Waals surface area contributed by atoms with E-state index in [2.05, 4.69) is 44.6 Å². The van der Waals surface area contributed by atoms with Crippen LogP contribution in [0.3, 0.4) is 0 Å². The van der Waals surface area contributed by atoms with Crippen LogP contribution in [0.4, 0.5) is 8.78 Å². The van der Waals surface area contributed by atoms with Crippen LogP contribution in [-0.2, 0) is 13.0 Å². The standard InChI is InChI=1S/C19H24F2N4O3S/c1-11(2)17-25-13(9-29-17)4-5-23-19(22-3)24-8-12-6-15-16(27-10-26-15)7-14(12)28-18(20)21/h6-7,9,11,18H,4-5,8,10H2,1-3H3,(H2,22,23,24). The second-order valence-electron chi connectivity index (χ2n) is 6.63. The lowest BCUT2D eigenvalue weighted by atomic mass is 10.1. The van der Waals surface area contributed by atoms with Gasteiger partial charge in [-0.05, 0) is 6.07 Å². The van der Waals surface area contributed by atoms with Crippen molar-refractivity contribution in [2.24, 2.45) is 4.99 Å². The fraction of sp³-hybridized carbons (Fsp3) is 0.474. The van der Waals surface area contributed by atoms with E-state index in [1.54, 1.807) is 24.5 Å². The van der Waals surface area contributed by atoms with Gasteiger partial charge in [-0.1, -0.05) is 13.8 Å². The Hall–Kier alpha value is -2.62. The summed E-state index contributed by atoms with van der Waals surface area (Å²) in [5.41, 5.74) is 1.55. The maximum atomic E-state index is 12.7. The van der Waals surface area contributed by atoms with Gasteiger partial charge in [-0.2, -0.15) is 8.78 Å². The van der Waals surface area contributed by atoms with Crippen LogP contribution in [0.25, 0.3) is 0 Å². The first-order valence-electron chi connectivity index (χ1n) is 9.22. The van der Waals surface area contributed by atoms with Crippen molar-refractivity contribution in [1.29, 1.82) is 0 Å². The molecule has 1 aromatic heterocycles. The molecule has 0 atom stereocenters. The third-order valence-corrected chi connectivity index (χ3v) is 5.37. The highest BCUT2D eigenvalue weighted by molar-refractivity contribution is 7.09. The van der Waals surface area contributed by atoms with Gasteiger partial charge in [0.05, 0.1) is 10.7 Å². The van der Waals surface area contributed by atoms with Crippen molar-refractivity contribution in [2.45, 2.75) is 39.3 Å². The minimum absolute atomic E-state index is 0.0379. The van der Waals surface area contributed by atoms with Crippen molar-refractivity contribution < 1.29 is 23.0 Å². The predicted octanol–water partition coefficient (Wildman–Crippen LogP) is 3.50. The zero-order valence-electron chi connectivity index (χ0n) is 16.5. The molecule has 0 unspecified atom stereocenters. The fourth-order valence-corrected chi connectivity index (χ4v) is 3.59. The van der Waals surface area contributed by atoms with Gasteiger partial charge in [0.2, 0.25) is 6.79 Å². The number of hydrogen-bond acceptors (Lipinski definition) is 6. The Morgan fingerprint density at radius 1 is 1.28 bits per heavy atom. The minimum Gasteiger partial charge on any atom is -0.454 e. The number of thiazole rings is 1. The molecule has 3 rings (SSSR count). The Morgan fingerprint density at radius 2 is 2.03 bits per heavy atom. The number of halogens is 2. The van der Waals surface area contributed by atoms with E-state index in [0.717, 1.165) is 17.1 Å². The summed E-state index contributed by atoms with van der Waals surface area (Å²) in [4.78, 5) is 8.77. The van der Waals surface area contributed by atoms with Crippen molar-refractivity contribution >= 4 is 17.3 Å². The van der Waals surface area contributed by atoms with E-state index in [-0.39, 0.29) is 19.1 Å². The van der Waals surface area contributed by atoms with Crippen LogP contribution in [0.2, 0.25) is 0 Å². The normalized spacial score (nSPS) is 13.3. The van der Waals surface area contributed by atoms with Crippen LogP contribution < -0.4 is 24.8 Å². The Bertz CT molecular complexity index is 858. The van der Waals surface area contributed by atoms with Crippen LogP contribution >= 0.6 is 11.3 Å². The van der Waals surface area contributed by atoms with Crippen LogP contribution in [0.1, 0.15) is 36.0 Å². The molecule has 0 spiro atoms. The average molecular weight is 426 g/mol. The van der Waals surface area contributed by atoms with Crippen molar-refractivity contribution in [2.75, 3.05) is 20.4 Å². The van der Waals surface area contributed by atoms with Crippen LogP contribution in [0.15, 0.2) is 22.5 Å². The summed E-state index contributed by atoms with van der Waals surface area (Å²) < 4.78 is 40.6. The summed E-state index contributed by atoms with van der Waals surface area (Å²) in [7, 11) is 1.64. The van der Waals surface area contributed by atoms with E-state index in [9.17, 15) is 8.78 Å². The molecule has 2 aromatic rings. The lowest BCUT2D eigenvalue weighted by Crippen LogP contribution is -2.38. The molecule has 1 aliphatic heterocycles. The van der Waals surface area contributed by atoms with E-state index < -0.39 is 6.61 Å². The zero-order chi connectivity index (χ0) is 20.8. The largest absolute Gasteiger partial charge is 0.454 e. The number of aromatic nitrogens is 1. The van der Waals surface area contributed by atoms with Gasteiger partial charge in [0.1, 0.15) is 5.75 Å². The summed E-state index contributed by atoms with van der Waals surface area (Å²) in [6.45, 7) is 2.23. The number of alkyl halides is 2. The van der Waals surface area contributed by atoms with Gasteiger partial charge in [0.25, 0.3) is 0 Å². The van der Waals surface area contributed by atoms with Crippen molar-refractivity contribution in [3.05, 3.63) is 33.8 Å². The maximum absolute atomic E-state index is 12.7. The maximum Gasteiger partial charge on any atom is 0.387 e. The van der Waals surface area contributed by atoms with Crippen molar-refractivity contribution in [3.8, 4) is 17.2 Å². The first-order chi connectivity index (χ1) is 14.0. The Balaban J connectivity index is 1.56. The molecule has 7 nitrogen and oxygen atoms in total. The summed E-state index contributed by atoms with van der Waals surface area (Å²) in [5.74, 6) is 1.88. The van der Waals surface area contributed by atoms with Gasteiger partial charge in [-0.3, -0.25) is 4.99 Å². The van der Waals surface area contributed by atoms with Gasteiger partial charge >= 0.3 is 6.61 Å². The Morgan fingerprint density at radius 3 is 2.69 bits per heavy atom. The second kappa shape index (κ2) is 9.73. The lowest BCUT2D eigenvalue weighted by Gasteiger charge is -2.15. The van der Waals surface area contributed by atoms with Gasteiger partial charge in [-0.25, -0.2) is 4.98 Å². The first-order valence-corrected chi connectivity index (χ1v) is 10.1. The predicted molar refractivity (Wildman–Crippen MR) is 107 cm³/mol. The topological polar surface area (TPSA) is 77.0 Å². The Kier molecular flexibility index (Phi) is 7.08. The van der Waals surface area contributed by atoms with Gasteiger partial charge in [0, 0.05) is 49.5 Å². The lowest BCUT2D eigenvalue weighted by molar-refractivity contribution is -0.0505. The van der Waals surface area contributed by atoms with E-state index >= 15 is 0 Å². The molecule has 2 N–H and O–H groups in total. The first kappa shape index (κ1) is 21.1. The number of fused-ring (bicyclic) bond motifs is 1. The molecule has 0 saturated heterocycles. The minimum atomic E-state index is -2.93. The summed E-state index contributed by atoms with van der Waals surface area (Å²) in [5, 5.41) is 9.48. The van der Waals surface area contributed by atoms with Crippen LogP contribution in [0.5, 0.6) is 17.2 Å². The van der Waals surface area contributed by atoms with E-state index in [4.69, 9.17) is 9.47 Å². The molecule has 29 heavy (non-hydrogen) atoms. The number of ether oxygens (including phenoxy) is 3. The second-order valence-corrected chi connectivity index (χ2v) is 7.52. The molecule has 0 fully saturated rings.